The lowest BCUT2D eigenvalue weighted by molar-refractivity contribution is -0.149. The highest BCUT2D eigenvalue weighted by Crippen LogP contribution is 2.19. The molecule has 4 nitrogen and oxygen atoms in total. The highest BCUT2D eigenvalue weighted by molar-refractivity contribution is 6.05. The number of likely N-dealkylation sites (tertiary alicyclic amines) is 1. The van der Waals surface area contributed by atoms with E-state index in [0.29, 0.717) is 18.4 Å². The Morgan fingerprint density at radius 1 is 1.15 bits per heavy atom. The molecule has 0 bridgehead atoms. The van der Waals surface area contributed by atoms with Crippen LogP contribution in [0.1, 0.15) is 42.6 Å². The number of nitrogens with zero attached hydrogens (tertiary/aromatic N) is 1. The number of hydrogen-bond donors (Lipinski definition) is 0. The smallest absolute Gasteiger partial charge is 0.229 e. The van der Waals surface area contributed by atoms with Crippen molar-refractivity contribution in [2.75, 3.05) is 6.54 Å². The van der Waals surface area contributed by atoms with Gasteiger partial charge in [0.2, 0.25) is 11.8 Å². The monoisotopic (exact) mass is 273 g/mol. The molecule has 1 aliphatic rings. The van der Waals surface area contributed by atoms with Crippen LogP contribution in [0.3, 0.4) is 0 Å². The number of carbonyl (C=O) groups is 3. The van der Waals surface area contributed by atoms with Crippen LogP contribution in [0.2, 0.25) is 0 Å². The zero-order chi connectivity index (χ0) is 14.7. The zero-order valence-electron chi connectivity index (χ0n) is 11.9. The van der Waals surface area contributed by atoms with Crippen molar-refractivity contribution in [3.8, 4) is 0 Å². The van der Waals surface area contributed by atoms with Crippen LogP contribution < -0.4 is 0 Å². The van der Waals surface area contributed by atoms with Gasteiger partial charge in [-0.05, 0) is 17.9 Å². The fourth-order valence-electron chi connectivity index (χ4n) is 2.37. The number of aryl methyl sites for hydroxylation is 1. The topological polar surface area (TPSA) is 54.5 Å². The quantitative estimate of drug-likeness (QED) is 0.624. The van der Waals surface area contributed by atoms with Gasteiger partial charge in [0, 0.05) is 18.4 Å². The number of piperidine rings is 1. The number of benzene rings is 1. The molecule has 20 heavy (non-hydrogen) atoms. The molecule has 0 aromatic heterocycles. The Labute approximate surface area is 118 Å². The summed E-state index contributed by atoms with van der Waals surface area (Å²) in [7, 11) is 0. The number of hydrogen-bond acceptors (Lipinski definition) is 3. The number of ketones is 1. The Balaban J connectivity index is 2.06. The molecule has 106 valence electrons. The Bertz CT molecular complexity index is 515. The molecule has 0 N–H and O–H groups in total. The van der Waals surface area contributed by atoms with E-state index < -0.39 is 0 Å². The van der Waals surface area contributed by atoms with Crippen LogP contribution in [0.15, 0.2) is 24.3 Å². The molecule has 0 radical (unpaired) electrons. The van der Waals surface area contributed by atoms with Crippen LogP contribution in [0, 0.1) is 5.92 Å². The van der Waals surface area contributed by atoms with Crippen molar-refractivity contribution in [1.82, 2.24) is 4.90 Å². The fourth-order valence-corrected chi connectivity index (χ4v) is 2.37. The van der Waals surface area contributed by atoms with Gasteiger partial charge in [-0.2, -0.15) is 0 Å². The molecular formula is C16H19NO3. The molecule has 0 saturated carbocycles. The van der Waals surface area contributed by atoms with Gasteiger partial charge in [-0.25, -0.2) is 0 Å². The van der Waals surface area contributed by atoms with Crippen molar-refractivity contribution >= 4 is 17.6 Å². The van der Waals surface area contributed by atoms with Crippen LogP contribution in [-0.2, 0) is 16.0 Å². The lowest BCUT2D eigenvalue weighted by atomic mass is 9.97. The van der Waals surface area contributed by atoms with Gasteiger partial charge in [-0.3, -0.25) is 19.3 Å². The van der Waals surface area contributed by atoms with Gasteiger partial charge >= 0.3 is 0 Å². The van der Waals surface area contributed by atoms with Crippen LogP contribution in [0.25, 0.3) is 0 Å². The molecule has 0 aliphatic carbocycles. The molecule has 1 heterocycles. The summed E-state index contributed by atoms with van der Waals surface area (Å²) in [5.74, 6) is -0.603. The second-order valence-corrected chi connectivity index (χ2v) is 5.36. The first-order valence-electron chi connectivity index (χ1n) is 6.96. The van der Waals surface area contributed by atoms with Crippen molar-refractivity contribution in [3.63, 3.8) is 0 Å². The maximum absolute atomic E-state index is 12.1. The first-order chi connectivity index (χ1) is 9.51. The van der Waals surface area contributed by atoms with Crippen LogP contribution in [-0.4, -0.2) is 29.0 Å². The van der Waals surface area contributed by atoms with Crippen molar-refractivity contribution in [2.45, 2.75) is 33.1 Å². The summed E-state index contributed by atoms with van der Waals surface area (Å²) < 4.78 is 0. The summed E-state index contributed by atoms with van der Waals surface area (Å²) in [6.07, 6.45) is 1.59. The largest absolute Gasteiger partial charge is 0.292 e. The molecule has 1 aromatic rings. The first kappa shape index (κ1) is 14.4. The van der Waals surface area contributed by atoms with E-state index in [1.165, 1.54) is 0 Å². The van der Waals surface area contributed by atoms with Gasteiger partial charge in [0.05, 0.1) is 6.54 Å². The summed E-state index contributed by atoms with van der Waals surface area (Å²) >= 11 is 0. The van der Waals surface area contributed by atoms with Crippen molar-refractivity contribution in [1.29, 1.82) is 0 Å². The molecule has 1 saturated heterocycles. The predicted octanol–water partition coefficient (Wildman–Crippen LogP) is 2.22. The molecule has 0 spiro atoms. The molecular weight excluding hydrogens is 254 g/mol. The Morgan fingerprint density at radius 2 is 1.70 bits per heavy atom. The Morgan fingerprint density at radius 3 is 2.20 bits per heavy atom. The molecule has 1 aromatic carbocycles. The summed E-state index contributed by atoms with van der Waals surface area (Å²) in [5.41, 5.74) is 1.70. The number of rotatable bonds is 4. The fraction of sp³-hybridized carbons (Fsp3) is 0.438. The van der Waals surface area contributed by atoms with Gasteiger partial charge < -0.3 is 0 Å². The van der Waals surface area contributed by atoms with Gasteiger partial charge in [0.25, 0.3) is 0 Å². The molecule has 1 fully saturated rings. The van der Waals surface area contributed by atoms with Crippen LogP contribution in [0.4, 0.5) is 0 Å². The normalized spacial score (nSPS) is 16.6. The summed E-state index contributed by atoms with van der Waals surface area (Å²) in [6.45, 7) is 3.78. The molecule has 0 atom stereocenters. The molecule has 2 rings (SSSR count). The highest BCUT2D eigenvalue weighted by Gasteiger charge is 2.31. The van der Waals surface area contributed by atoms with Gasteiger partial charge in [0.15, 0.2) is 5.78 Å². The zero-order valence-corrected chi connectivity index (χ0v) is 11.9. The maximum Gasteiger partial charge on any atom is 0.229 e. The maximum atomic E-state index is 12.1. The standard InChI is InChI=1S/C16H19NO3/c1-3-12-4-6-13(7-5-12)14(18)10-17-15(19)8-11(2)9-16(17)20/h4-7,11H,3,8-10H2,1-2H3. The summed E-state index contributed by atoms with van der Waals surface area (Å²) in [4.78, 5) is 36.9. The van der Waals surface area contributed by atoms with E-state index in [2.05, 4.69) is 0 Å². The molecule has 4 heteroatoms. The molecule has 2 amide bonds. The third-order valence-corrected chi connectivity index (χ3v) is 3.63. The lowest BCUT2D eigenvalue weighted by Crippen LogP contribution is -2.45. The third kappa shape index (κ3) is 3.13. The lowest BCUT2D eigenvalue weighted by Gasteiger charge is -2.27. The van der Waals surface area contributed by atoms with Gasteiger partial charge in [-0.1, -0.05) is 38.1 Å². The average molecular weight is 273 g/mol. The first-order valence-corrected chi connectivity index (χ1v) is 6.96. The molecule has 1 aliphatic heterocycles. The molecule has 0 unspecified atom stereocenters. The second-order valence-electron chi connectivity index (χ2n) is 5.36. The number of carbonyl (C=O) groups excluding carboxylic acids is 3. The number of Topliss-reactive ketones (excluding diaryl/α,β-unsaturated/α-hetero) is 1. The van der Waals surface area contributed by atoms with Crippen molar-refractivity contribution in [3.05, 3.63) is 35.4 Å². The Kier molecular flexibility index (Phi) is 4.32. The van der Waals surface area contributed by atoms with Gasteiger partial charge in [-0.15, -0.1) is 0 Å². The van der Waals surface area contributed by atoms with E-state index in [-0.39, 0.29) is 30.1 Å². The summed E-state index contributed by atoms with van der Waals surface area (Å²) in [5, 5.41) is 0. The van der Waals surface area contributed by atoms with E-state index in [1.54, 1.807) is 12.1 Å². The predicted molar refractivity (Wildman–Crippen MR) is 75.3 cm³/mol. The van der Waals surface area contributed by atoms with E-state index in [0.717, 1.165) is 16.9 Å². The van der Waals surface area contributed by atoms with E-state index in [1.807, 2.05) is 26.0 Å². The summed E-state index contributed by atoms with van der Waals surface area (Å²) in [6, 6.07) is 7.30. The Hall–Kier alpha value is -1.97. The number of imide groups is 1. The highest BCUT2D eigenvalue weighted by atomic mass is 16.2. The van der Waals surface area contributed by atoms with Crippen LogP contribution in [0.5, 0.6) is 0 Å². The van der Waals surface area contributed by atoms with Gasteiger partial charge in [0.1, 0.15) is 0 Å². The van der Waals surface area contributed by atoms with Crippen molar-refractivity contribution in [2.24, 2.45) is 5.92 Å². The van der Waals surface area contributed by atoms with Crippen molar-refractivity contribution < 1.29 is 14.4 Å². The average Bonchev–Trinajstić information content (AvgIpc) is 2.42. The minimum atomic E-state index is -0.243. The second kappa shape index (κ2) is 5.99. The van der Waals surface area contributed by atoms with Crippen LogP contribution >= 0.6 is 0 Å². The minimum absolute atomic E-state index is 0.0742. The van der Waals surface area contributed by atoms with E-state index in [4.69, 9.17) is 0 Å². The van der Waals surface area contributed by atoms with E-state index >= 15 is 0 Å². The third-order valence-electron chi connectivity index (χ3n) is 3.63. The SMILES string of the molecule is CCc1ccc(C(=O)CN2C(=O)CC(C)CC2=O)cc1. The minimum Gasteiger partial charge on any atom is -0.292 e. The van der Waals surface area contributed by atoms with E-state index in [9.17, 15) is 14.4 Å². The number of amides is 2.